The van der Waals surface area contributed by atoms with Crippen molar-refractivity contribution in [3.8, 4) is 0 Å². The zero-order valence-electron chi connectivity index (χ0n) is 34.6. The quantitative estimate of drug-likeness (QED) is 0.0381. The van der Waals surface area contributed by atoms with Crippen molar-refractivity contribution in [2.45, 2.75) is 232 Å². The van der Waals surface area contributed by atoms with Crippen LogP contribution in [0.2, 0.25) is 0 Å². The van der Waals surface area contributed by atoms with E-state index in [9.17, 15) is 23.9 Å². The number of rotatable bonds is 40. The molecule has 0 aromatic rings. The predicted octanol–water partition coefficient (Wildman–Crippen LogP) is 12.2. The Morgan fingerprint density at radius 1 is 0.549 bits per heavy atom. The van der Waals surface area contributed by atoms with Gasteiger partial charge in [-0.25, -0.2) is 0 Å². The number of carbonyl (C=O) groups is 2. The van der Waals surface area contributed by atoms with Crippen molar-refractivity contribution >= 4 is 19.4 Å². The van der Waals surface area contributed by atoms with E-state index in [1.807, 2.05) is 21.1 Å². The maximum atomic E-state index is 13.5. The molecular formula is C43H86NO6P. The fourth-order valence-electron chi connectivity index (χ4n) is 7.29. The van der Waals surface area contributed by atoms with Crippen LogP contribution in [0, 0.1) is 5.92 Å². The zero-order chi connectivity index (χ0) is 38.1. The van der Waals surface area contributed by atoms with Crippen LogP contribution in [0.1, 0.15) is 226 Å². The SMILES string of the molecule is CCCCCCCCCCCCCCCCCC(=O)CC(C(=O)CCCCCCCCCCCCCCCCC)C(C[N+](C)(C)C)OP(=O)([O-])O. The van der Waals surface area contributed by atoms with Crippen LogP contribution in [-0.4, -0.2) is 54.7 Å². The van der Waals surface area contributed by atoms with Crippen LogP contribution in [0.3, 0.4) is 0 Å². The van der Waals surface area contributed by atoms with Crippen molar-refractivity contribution in [2.24, 2.45) is 5.92 Å². The summed E-state index contributed by atoms with van der Waals surface area (Å²) in [5.41, 5.74) is 0. The lowest BCUT2D eigenvalue weighted by Crippen LogP contribution is -2.47. The van der Waals surface area contributed by atoms with E-state index >= 15 is 0 Å². The highest BCUT2D eigenvalue weighted by Crippen LogP contribution is 2.37. The average Bonchev–Trinajstić information content (AvgIpc) is 3.05. The van der Waals surface area contributed by atoms with Gasteiger partial charge in [-0.15, -0.1) is 0 Å². The molecule has 0 aromatic heterocycles. The number of ketones is 2. The number of hydrogen-bond acceptors (Lipinski definition) is 5. The summed E-state index contributed by atoms with van der Waals surface area (Å²) in [5, 5.41) is 0. The molecule has 0 fully saturated rings. The summed E-state index contributed by atoms with van der Waals surface area (Å²) in [4.78, 5) is 48.1. The van der Waals surface area contributed by atoms with Crippen LogP contribution in [0.4, 0.5) is 0 Å². The second kappa shape index (κ2) is 33.9. The van der Waals surface area contributed by atoms with Crippen LogP contribution in [0.25, 0.3) is 0 Å². The van der Waals surface area contributed by atoms with Gasteiger partial charge >= 0.3 is 0 Å². The number of likely N-dealkylation sites (N-methyl/N-ethyl adjacent to an activating group) is 1. The summed E-state index contributed by atoms with van der Waals surface area (Å²) in [7, 11) is 0.573. The molecule has 0 bridgehead atoms. The molecule has 0 aliphatic heterocycles. The molecule has 0 radical (unpaired) electrons. The number of phosphoric acid groups is 1. The Morgan fingerprint density at radius 2 is 0.843 bits per heavy atom. The number of phosphoric ester groups is 1. The second-order valence-electron chi connectivity index (χ2n) is 16.8. The molecule has 0 aromatic carbocycles. The van der Waals surface area contributed by atoms with Gasteiger partial charge in [0.1, 0.15) is 24.2 Å². The van der Waals surface area contributed by atoms with Crippen molar-refractivity contribution in [1.82, 2.24) is 0 Å². The number of hydrogen-bond donors (Lipinski definition) is 1. The molecule has 0 aliphatic rings. The Hall–Kier alpha value is -0.590. The van der Waals surface area contributed by atoms with Crippen LogP contribution >= 0.6 is 7.82 Å². The monoisotopic (exact) mass is 744 g/mol. The summed E-state index contributed by atoms with van der Waals surface area (Å²) in [5.74, 6) is -1.01. The van der Waals surface area contributed by atoms with E-state index in [2.05, 4.69) is 13.8 Å². The Morgan fingerprint density at radius 3 is 1.14 bits per heavy atom. The molecule has 0 saturated carbocycles. The molecule has 0 saturated heterocycles. The lowest BCUT2D eigenvalue weighted by molar-refractivity contribution is -0.873. The highest BCUT2D eigenvalue weighted by atomic mass is 31.2. The largest absolute Gasteiger partial charge is 0.756 e. The highest BCUT2D eigenvalue weighted by molar-refractivity contribution is 7.44. The third-order valence-corrected chi connectivity index (χ3v) is 10.9. The van der Waals surface area contributed by atoms with Gasteiger partial charge < -0.3 is 18.8 Å². The normalized spacial score (nSPS) is 14.4. The first kappa shape index (κ1) is 50.4. The van der Waals surface area contributed by atoms with Gasteiger partial charge in [-0.3, -0.25) is 14.2 Å². The van der Waals surface area contributed by atoms with Crippen molar-refractivity contribution in [1.29, 1.82) is 0 Å². The second-order valence-corrected chi connectivity index (χ2v) is 17.9. The lowest BCUT2D eigenvalue weighted by atomic mass is 9.87. The summed E-state index contributed by atoms with van der Waals surface area (Å²) >= 11 is 0. The minimum Gasteiger partial charge on any atom is -0.756 e. The van der Waals surface area contributed by atoms with Crippen molar-refractivity contribution in [2.75, 3.05) is 27.7 Å². The van der Waals surface area contributed by atoms with E-state index < -0.39 is 19.8 Å². The Balaban J connectivity index is 4.49. The average molecular weight is 744 g/mol. The van der Waals surface area contributed by atoms with Crippen molar-refractivity contribution in [3.05, 3.63) is 0 Å². The summed E-state index contributed by atoms with van der Waals surface area (Å²) < 4.78 is 17.3. The number of unbranched alkanes of at least 4 members (excludes halogenated alkanes) is 28. The van der Waals surface area contributed by atoms with E-state index in [4.69, 9.17) is 4.52 Å². The van der Waals surface area contributed by atoms with Gasteiger partial charge in [-0.05, 0) is 12.8 Å². The fraction of sp³-hybridized carbons (Fsp3) is 0.953. The van der Waals surface area contributed by atoms with Gasteiger partial charge in [0.05, 0.1) is 27.1 Å². The molecule has 0 rings (SSSR count). The third-order valence-electron chi connectivity index (χ3n) is 10.4. The molecule has 0 heterocycles. The van der Waals surface area contributed by atoms with Gasteiger partial charge in [-0.1, -0.05) is 194 Å². The first-order valence-electron chi connectivity index (χ1n) is 22.0. The molecule has 0 spiro atoms. The summed E-state index contributed by atoms with van der Waals surface area (Å²) in [6.45, 7) is 4.73. The van der Waals surface area contributed by atoms with Gasteiger partial charge in [-0.2, -0.15) is 0 Å². The molecule has 1 N–H and O–H groups in total. The standard InChI is InChI=1S/C43H86NO6P/c1-6-8-10-12-14-16-18-20-22-24-26-28-30-32-34-36-40(45)38-41(43(39-44(3,4)5)50-51(47,48)49)42(46)37-35-33-31-29-27-25-23-21-19-17-15-13-11-9-7-2/h41,43H,6-39H2,1-5H3,(H-,47,48,49). The Kier molecular flexibility index (Phi) is 33.5. The molecule has 0 amide bonds. The first-order chi connectivity index (χ1) is 24.4. The first-order valence-corrected chi connectivity index (χ1v) is 23.5. The zero-order valence-corrected chi connectivity index (χ0v) is 35.5. The molecule has 304 valence electrons. The van der Waals surface area contributed by atoms with E-state index in [0.29, 0.717) is 17.3 Å². The Labute approximate surface area is 317 Å². The van der Waals surface area contributed by atoms with Crippen LogP contribution in [0.5, 0.6) is 0 Å². The van der Waals surface area contributed by atoms with E-state index in [1.165, 1.54) is 154 Å². The summed E-state index contributed by atoms with van der Waals surface area (Å²) in [6, 6.07) is 0. The topological polar surface area (TPSA) is 104 Å². The molecule has 7 nitrogen and oxygen atoms in total. The van der Waals surface area contributed by atoms with Crippen molar-refractivity contribution in [3.63, 3.8) is 0 Å². The van der Waals surface area contributed by atoms with Crippen LogP contribution < -0.4 is 4.89 Å². The van der Waals surface area contributed by atoms with Crippen molar-refractivity contribution < 1.29 is 32.9 Å². The van der Waals surface area contributed by atoms with Crippen LogP contribution in [0.15, 0.2) is 0 Å². The molecule has 8 heteroatoms. The van der Waals surface area contributed by atoms with E-state index in [0.717, 1.165) is 38.5 Å². The number of carbonyl (C=O) groups excluding carboxylic acids is 2. The molecule has 3 atom stereocenters. The van der Waals surface area contributed by atoms with Crippen LogP contribution in [-0.2, 0) is 18.7 Å². The minimum absolute atomic E-state index is 0.0202. The summed E-state index contributed by atoms with van der Waals surface area (Å²) in [6.07, 6.45) is 37.1. The number of quaternary nitrogens is 1. The maximum absolute atomic E-state index is 13.5. The Bertz CT molecular complexity index is 854. The fourth-order valence-corrected chi connectivity index (χ4v) is 7.85. The lowest BCUT2D eigenvalue weighted by Gasteiger charge is -2.35. The highest BCUT2D eigenvalue weighted by Gasteiger charge is 2.36. The van der Waals surface area contributed by atoms with Gasteiger partial charge in [0, 0.05) is 19.3 Å². The number of nitrogens with zero attached hydrogens (tertiary/aromatic N) is 1. The maximum Gasteiger partial charge on any atom is 0.265 e. The van der Waals surface area contributed by atoms with Gasteiger partial charge in [0.25, 0.3) is 7.82 Å². The van der Waals surface area contributed by atoms with E-state index in [1.54, 1.807) is 0 Å². The molecule has 51 heavy (non-hydrogen) atoms. The smallest absolute Gasteiger partial charge is 0.265 e. The van der Waals surface area contributed by atoms with E-state index in [-0.39, 0.29) is 24.5 Å². The molecule has 0 aliphatic carbocycles. The van der Waals surface area contributed by atoms with Gasteiger partial charge in [0.15, 0.2) is 0 Å². The predicted molar refractivity (Wildman–Crippen MR) is 215 cm³/mol. The molecular weight excluding hydrogens is 657 g/mol. The minimum atomic E-state index is -5.08. The third kappa shape index (κ3) is 36.2. The molecule has 3 unspecified atom stereocenters. The number of Topliss-reactive ketones (excluding diaryl/α,β-unsaturated/α-hetero) is 2. The van der Waals surface area contributed by atoms with Gasteiger partial charge in [0.2, 0.25) is 0 Å².